The number of hydrogen-bond acceptors (Lipinski definition) is 5. The summed E-state index contributed by atoms with van der Waals surface area (Å²) in [4.78, 5) is 12.1. The number of aromatic nitrogens is 3. The Labute approximate surface area is 164 Å². The number of amides is 1. The molecule has 3 aromatic rings. The van der Waals surface area contributed by atoms with Crippen LogP contribution in [0, 0.1) is 0 Å². The normalized spacial score (nSPS) is 10.7. The highest BCUT2D eigenvalue weighted by Gasteiger charge is 2.13. The number of nitrogen functional groups attached to an aromatic ring is 1. The van der Waals surface area contributed by atoms with Crippen LogP contribution >= 0.6 is 35.0 Å². The quantitative estimate of drug-likeness (QED) is 0.481. The van der Waals surface area contributed by atoms with Crippen LogP contribution in [0.4, 0.5) is 5.69 Å². The average Bonchev–Trinajstić information content (AvgIpc) is 2.97. The molecule has 3 N–H and O–H groups in total. The van der Waals surface area contributed by atoms with Gasteiger partial charge in [-0.2, -0.15) is 0 Å². The van der Waals surface area contributed by atoms with Crippen LogP contribution in [0.5, 0.6) is 0 Å². The zero-order chi connectivity index (χ0) is 18.5. The molecule has 0 atom stereocenters. The molecule has 0 saturated heterocycles. The van der Waals surface area contributed by atoms with Gasteiger partial charge in [-0.15, -0.1) is 10.2 Å². The Hall–Kier alpha value is -2.22. The molecule has 0 bridgehead atoms. The van der Waals surface area contributed by atoms with Crippen molar-refractivity contribution in [3.8, 4) is 0 Å². The summed E-state index contributed by atoms with van der Waals surface area (Å²) < 4.78 is 1.40. The molecule has 0 spiro atoms. The third-order valence-electron chi connectivity index (χ3n) is 3.48. The minimum atomic E-state index is -0.244. The van der Waals surface area contributed by atoms with Gasteiger partial charge in [0.25, 0.3) is 0 Å². The highest BCUT2D eigenvalue weighted by atomic mass is 35.5. The van der Waals surface area contributed by atoms with Crippen LogP contribution in [0.25, 0.3) is 0 Å². The molecular formula is C17H15Cl2N5OS. The Morgan fingerprint density at radius 1 is 1.15 bits per heavy atom. The first-order valence-electron chi connectivity index (χ1n) is 7.64. The second kappa shape index (κ2) is 8.44. The summed E-state index contributed by atoms with van der Waals surface area (Å²) in [5.74, 6) is 6.53. The number of carbonyl (C=O) groups excluding carboxylic acids is 1. The van der Waals surface area contributed by atoms with Crippen molar-refractivity contribution in [2.75, 3.05) is 16.9 Å². The summed E-state index contributed by atoms with van der Waals surface area (Å²) in [6.45, 7) is 0. The van der Waals surface area contributed by atoms with Crippen molar-refractivity contribution >= 4 is 46.6 Å². The summed E-state index contributed by atoms with van der Waals surface area (Å²) in [6.07, 6.45) is 0.565. The van der Waals surface area contributed by atoms with Gasteiger partial charge in [-0.25, -0.2) is 4.68 Å². The molecule has 0 unspecified atom stereocenters. The van der Waals surface area contributed by atoms with Crippen LogP contribution < -0.4 is 11.2 Å². The highest BCUT2D eigenvalue weighted by molar-refractivity contribution is 7.99. The molecular weight excluding hydrogens is 393 g/mol. The van der Waals surface area contributed by atoms with Gasteiger partial charge in [0.15, 0.2) is 5.82 Å². The molecule has 1 heterocycles. The largest absolute Gasteiger partial charge is 0.336 e. The van der Waals surface area contributed by atoms with Gasteiger partial charge in [-0.3, -0.25) is 4.79 Å². The molecule has 1 aromatic heterocycles. The number of anilines is 1. The van der Waals surface area contributed by atoms with Crippen LogP contribution in [0.3, 0.4) is 0 Å². The average molecular weight is 408 g/mol. The Balaban J connectivity index is 1.59. The van der Waals surface area contributed by atoms with E-state index in [0.29, 0.717) is 33.1 Å². The lowest BCUT2D eigenvalue weighted by atomic mass is 10.1. The minimum absolute atomic E-state index is 0.115. The van der Waals surface area contributed by atoms with E-state index in [1.54, 1.807) is 18.2 Å². The summed E-state index contributed by atoms with van der Waals surface area (Å²) in [6, 6.07) is 14.7. The van der Waals surface area contributed by atoms with Crippen molar-refractivity contribution in [3.63, 3.8) is 0 Å². The molecule has 2 aromatic carbocycles. The van der Waals surface area contributed by atoms with E-state index in [-0.39, 0.29) is 11.7 Å². The Kier molecular flexibility index (Phi) is 6.03. The summed E-state index contributed by atoms with van der Waals surface area (Å²) >= 11 is 13.1. The van der Waals surface area contributed by atoms with Gasteiger partial charge < -0.3 is 11.2 Å². The van der Waals surface area contributed by atoms with Gasteiger partial charge in [0.2, 0.25) is 11.1 Å². The maximum Gasteiger partial charge on any atom is 0.234 e. The lowest BCUT2D eigenvalue weighted by Crippen LogP contribution is -2.17. The van der Waals surface area contributed by atoms with Gasteiger partial charge in [0.05, 0.1) is 16.5 Å². The van der Waals surface area contributed by atoms with Crippen molar-refractivity contribution in [2.24, 2.45) is 0 Å². The number of hydrogen-bond donors (Lipinski definition) is 2. The Morgan fingerprint density at radius 2 is 1.92 bits per heavy atom. The number of benzene rings is 2. The van der Waals surface area contributed by atoms with Gasteiger partial charge in [0.1, 0.15) is 0 Å². The highest BCUT2D eigenvalue weighted by Crippen LogP contribution is 2.26. The molecule has 0 aliphatic rings. The van der Waals surface area contributed by atoms with Gasteiger partial charge in [0, 0.05) is 11.4 Å². The number of halogens is 2. The number of rotatable bonds is 6. The Morgan fingerprint density at radius 3 is 2.69 bits per heavy atom. The van der Waals surface area contributed by atoms with Crippen LogP contribution in [-0.2, 0) is 11.2 Å². The smallest absolute Gasteiger partial charge is 0.234 e. The summed E-state index contributed by atoms with van der Waals surface area (Å²) in [7, 11) is 0. The fourth-order valence-electron chi connectivity index (χ4n) is 2.21. The van der Waals surface area contributed by atoms with E-state index in [4.69, 9.17) is 29.0 Å². The second-order valence-corrected chi connectivity index (χ2v) is 7.18. The van der Waals surface area contributed by atoms with Crippen molar-refractivity contribution in [2.45, 2.75) is 11.6 Å². The van der Waals surface area contributed by atoms with E-state index in [1.807, 2.05) is 30.3 Å². The number of thioether (sulfide) groups is 1. The zero-order valence-corrected chi connectivity index (χ0v) is 15.9. The molecule has 0 radical (unpaired) electrons. The predicted octanol–water partition coefficient (Wildman–Crippen LogP) is 3.62. The van der Waals surface area contributed by atoms with Gasteiger partial charge in [-0.05, 0) is 23.8 Å². The van der Waals surface area contributed by atoms with E-state index in [0.717, 1.165) is 5.56 Å². The maximum absolute atomic E-state index is 12.1. The van der Waals surface area contributed by atoms with E-state index in [1.165, 1.54) is 16.4 Å². The first-order chi connectivity index (χ1) is 12.5. The van der Waals surface area contributed by atoms with Crippen molar-refractivity contribution < 1.29 is 4.79 Å². The van der Waals surface area contributed by atoms with Crippen LogP contribution in [0.1, 0.15) is 11.4 Å². The van der Waals surface area contributed by atoms with Crippen molar-refractivity contribution in [1.29, 1.82) is 0 Å². The molecule has 1 amide bonds. The van der Waals surface area contributed by atoms with Crippen LogP contribution in [0.15, 0.2) is 53.7 Å². The molecule has 0 saturated carbocycles. The second-order valence-electron chi connectivity index (χ2n) is 5.39. The van der Waals surface area contributed by atoms with Crippen LogP contribution in [-0.4, -0.2) is 26.5 Å². The van der Waals surface area contributed by atoms with Crippen molar-refractivity contribution in [3.05, 3.63) is 70.0 Å². The SMILES string of the molecule is Nn1c(Cc2ccccc2)nnc1SCC(=O)Nc1cc(Cl)ccc1Cl. The molecule has 3 rings (SSSR count). The zero-order valence-electron chi connectivity index (χ0n) is 13.5. The molecule has 0 aliphatic heterocycles. The lowest BCUT2D eigenvalue weighted by Gasteiger charge is -2.07. The fraction of sp³-hybridized carbons (Fsp3) is 0.118. The van der Waals surface area contributed by atoms with E-state index >= 15 is 0 Å². The molecule has 9 heteroatoms. The fourth-order valence-corrected chi connectivity index (χ4v) is 3.23. The van der Waals surface area contributed by atoms with E-state index in [9.17, 15) is 4.79 Å². The molecule has 134 valence electrons. The topological polar surface area (TPSA) is 85.8 Å². The summed E-state index contributed by atoms with van der Waals surface area (Å²) in [5.41, 5.74) is 1.54. The Bertz CT molecular complexity index is 917. The summed E-state index contributed by atoms with van der Waals surface area (Å²) in [5, 5.41) is 12.2. The lowest BCUT2D eigenvalue weighted by molar-refractivity contribution is -0.113. The number of carbonyl (C=O) groups is 1. The van der Waals surface area contributed by atoms with Crippen molar-refractivity contribution in [1.82, 2.24) is 14.9 Å². The monoisotopic (exact) mass is 407 g/mol. The molecule has 26 heavy (non-hydrogen) atoms. The third kappa shape index (κ3) is 4.69. The molecule has 6 nitrogen and oxygen atoms in total. The minimum Gasteiger partial charge on any atom is -0.336 e. The molecule has 0 fully saturated rings. The third-order valence-corrected chi connectivity index (χ3v) is 4.98. The van der Waals surface area contributed by atoms with Gasteiger partial charge >= 0.3 is 0 Å². The first-order valence-corrected chi connectivity index (χ1v) is 9.38. The number of nitrogens with two attached hydrogens (primary N) is 1. The first kappa shape index (κ1) is 18.6. The van der Waals surface area contributed by atoms with Gasteiger partial charge in [-0.1, -0.05) is 65.3 Å². The standard InChI is InChI=1S/C17H15Cl2N5OS/c18-12-6-7-13(19)14(9-12)21-16(25)10-26-17-23-22-15(24(17)20)8-11-4-2-1-3-5-11/h1-7,9H,8,10,20H2,(H,21,25). The number of nitrogens with one attached hydrogen (secondary N) is 1. The van der Waals surface area contributed by atoms with Crippen LogP contribution in [0.2, 0.25) is 10.0 Å². The maximum atomic E-state index is 12.1. The predicted molar refractivity (Wildman–Crippen MR) is 105 cm³/mol. The van der Waals surface area contributed by atoms with E-state index < -0.39 is 0 Å². The number of nitrogens with zero attached hydrogens (tertiary/aromatic N) is 3. The van der Waals surface area contributed by atoms with E-state index in [2.05, 4.69) is 15.5 Å². The molecule has 0 aliphatic carbocycles.